The molecule has 24 heavy (non-hydrogen) atoms. The molecule has 0 atom stereocenters. The van der Waals surface area contributed by atoms with Crippen molar-refractivity contribution in [3.05, 3.63) is 45.4 Å². The minimum Gasteiger partial charge on any atom is -0.495 e. The fourth-order valence-corrected chi connectivity index (χ4v) is 2.77. The summed E-state index contributed by atoms with van der Waals surface area (Å²) in [5, 5.41) is 3.12. The van der Waals surface area contributed by atoms with Crippen LogP contribution in [0.25, 0.3) is 0 Å². The fourth-order valence-electron chi connectivity index (χ4n) is 2.06. The molecular weight excluding hydrogens is 398 g/mol. The third-order valence-electron chi connectivity index (χ3n) is 3.24. The SMILES string of the molecule is COc1cc(NC(=O)COc2ccc(Br)cc2C)c(OC)cc1Cl. The number of benzene rings is 2. The van der Waals surface area contributed by atoms with Crippen LogP contribution in [-0.4, -0.2) is 26.7 Å². The maximum absolute atomic E-state index is 12.1. The van der Waals surface area contributed by atoms with Gasteiger partial charge in [-0.05, 0) is 30.7 Å². The molecule has 0 heterocycles. The first kappa shape index (κ1) is 18.4. The maximum atomic E-state index is 12.1. The number of hydrogen-bond acceptors (Lipinski definition) is 4. The van der Waals surface area contributed by atoms with Crippen molar-refractivity contribution in [2.24, 2.45) is 0 Å². The summed E-state index contributed by atoms with van der Waals surface area (Å²) in [5.74, 6) is 1.21. The molecule has 0 bridgehead atoms. The number of aryl methyl sites for hydroxylation is 1. The van der Waals surface area contributed by atoms with Crippen molar-refractivity contribution in [2.45, 2.75) is 6.92 Å². The molecule has 128 valence electrons. The summed E-state index contributed by atoms with van der Waals surface area (Å²) in [7, 11) is 2.99. The molecule has 1 N–H and O–H groups in total. The van der Waals surface area contributed by atoms with Gasteiger partial charge in [-0.2, -0.15) is 0 Å². The Bertz CT molecular complexity index is 752. The first-order valence-electron chi connectivity index (χ1n) is 7.05. The van der Waals surface area contributed by atoms with E-state index in [1.165, 1.54) is 14.2 Å². The fraction of sp³-hybridized carbons (Fsp3) is 0.235. The summed E-state index contributed by atoms with van der Waals surface area (Å²) in [6.07, 6.45) is 0. The second-order valence-corrected chi connectivity index (χ2v) is 6.26. The van der Waals surface area contributed by atoms with Gasteiger partial charge < -0.3 is 19.5 Å². The van der Waals surface area contributed by atoms with Gasteiger partial charge in [-0.1, -0.05) is 27.5 Å². The van der Waals surface area contributed by atoms with E-state index >= 15 is 0 Å². The van der Waals surface area contributed by atoms with Crippen LogP contribution >= 0.6 is 27.5 Å². The van der Waals surface area contributed by atoms with Gasteiger partial charge in [-0.25, -0.2) is 0 Å². The Hall–Kier alpha value is -1.92. The second-order valence-electron chi connectivity index (χ2n) is 4.93. The Kier molecular flexibility index (Phi) is 6.34. The molecule has 0 spiro atoms. The van der Waals surface area contributed by atoms with Crippen molar-refractivity contribution in [1.82, 2.24) is 0 Å². The molecule has 2 aromatic carbocycles. The van der Waals surface area contributed by atoms with Crippen molar-refractivity contribution in [3.63, 3.8) is 0 Å². The normalized spacial score (nSPS) is 10.2. The zero-order valence-corrected chi connectivity index (χ0v) is 15.8. The van der Waals surface area contributed by atoms with E-state index in [1.54, 1.807) is 18.2 Å². The van der Waals surface area contributed by atoms with E-state index in [4.69, 9.17) is 25.8 Å². The van der Waals surface area contributed by atoms with E-state index in [2.05, 4.69) is 21.2 Å². The van der Waals surface area contributed by atoms with Gasteiger partial charge in [0.2, 0.25) is 0 Å². The predicted octanol–water partition coefficient (Wildman–Crippen LogP) is 4.45. The van der Waals surface area contributed by atoms with E-state index in [0.717, 1.165) is 10.0 Å². The third kappa shape index (κ3) is 4.55. The number of anilines is 1. The zero-order valence-electron chi connectivity index (χ0n) is 13.5. The highest BCUT2D eigenvalue weighted by atomic mass is 79.9. The van der Waals surface area contributed by atoms with Gasteiger partial charge >= 0.3 is 0 Å². The number of hydrogen-bond donors (Lipinski definition) is 1. The molecule has 0 unspecified atom stereocenters. The number of carbonyl (C=O) groups is 1. The van der Waals surface area contributed by atoms with Crippen LogP contribution in [0.5, 0.6) is 17.2 Å². The highest BCUT2D eigenvalue weighted by molar-refractivity contribution is 9.10. The number of amides is 1. The van der Waals surface area contributed by atoms with E-state index in [0.29, 0.717) is 28.0 Å². The van der Waals surface area contributed by atoms with Crippen LogP contribution in [-0.2, 0) is 4.79 Å². The van der Waals surface area contributed by atoms with Crippen LogP contribution in [0.3, 0.4) is 0 Å². The van der Waals surface area contributed by atoms with Gasteiger partial charge in [0.25, 0.3) is 5.91 Å². The van der Waals surface area contributed by atoms with Gasteiger partial charge in [-0.3, -0.25) is 4.79 Å². The molecule has 2 rings (SSSR count). The summed E-state index contributed by atoms with van der Waals surface area (Å²) in [5.41, 5.74) is 1.39. The highest BCUT2D eigenvalue weighted by Crippen LogP contribution is 2.35. The Balaban J connectivity index is 2.06. The molecule has 0 radical (unpaired) electrons. The van der Waals surface area contributed by atoms with Crippen LogP contribution in [0.1, 0.15) is 5.56 Å². The van der Waals surface area contributed by atoms with Crippen LogP contribution in [0.4, 0.5) is 5.69 Å². The van der Waals surface area contributed by atoms with E-state index in [-0.39, 0.29) is 12.5 Å². The van der Waals surface area contributed by atoms with Crippen molar-refractivity contribution < 1.29 is 19.0 Å². The largest absolute Gasteiger partial charge is 0.495 e. The molecule has 5 nitrogen and oxygen atoms in total. The highest BCUT2D eigenvalue weighted by Gasteiger charge is 2.13. The number of rotatable bonds is 6. The molecular formula is C17H17BrClNO4. The van der Waals surface area contributed by atoms with Crippen molar-refractivity contribution in [3.8, 4) is 17.2 Å². The van der Waals surface area contributed by atoms with Crippen molar-refractivity contribution in [1.29, 1.82) is 0 Å². The Morgan fingerprint density at radius 1 is 1.12 bits per heavy atom. The van der Waals surface area contributed by atoms with Gasteiger partial charge in [0.05, 0.1) is 24.9 Å². The molecule has 0 aromatic heterocycles. The molecule has 0 aliphatic carbocycles. The molecule has 0 aliphatic heterocycles. The summed E-state index contributed by atoms with van der Waals surface area (Å²) in [6.45, 7) is 1.78. The van der Waals surface area contributed by atoms with Gasteiger partial charge in [0.15, 0.2) is 6.61 Å². The molecule has 7 heteroatoms. The number of methoxy groups -OCH3 is 2. The minimum atomic E-state index is -0.319. The molecule has 0 saturated heterocycles. The molecule has 2 aromatic rings. The smallest absolute Gasteiger partial charge is 0.262 e. The summed E-state index contributed by atoms with van der Waals surface area (Å²) in [4.78, 5) is 12.1. The molecule has 0 aliphatic rings. The van der Waals surface area contributed by atoms with E-state index in [9.17, 15) is 4.79 Å². The lowest BCUT2D eigenvalue weighted by Crippen LogP contribution is -2.20. The zero-order chi connectivity index (χ0) is 17.7. The quantitative estimate of drug-likeness (QED) is 0.759. The monoisotopic (exact) mass is 413 g/mol. The minimum absolute atomic E-state index is 0.128. The van der Waals surface area contributed by atoms with Gasteiger partial charge in [0, 0.05) is 16.6 Å². The Morgan fingerprint density at radius 2 is 1.83 bits per heavy atom. The first-order chi connectivity index (χ1) is 11.4. The average Bonchev–Trinajstić information content (AvgIpc) is 2.55. The van der Waals surface area contributed by atoms with Crippen LogP contribution in [0, 0.1) is 6.92 Å². The Morgan fingerprint density at radius 3 is 2.46 bits per heavy atom. The predicted molar refractivity (Wildman–Crippen MR) is 97.6 cm³/mol. The van der Waals surface area contributed by atoms with Crippen molar-refractivity contribution in [2.75, 3.05) is 26.1 Å². The van der Waals surface area contributed by atoms with Crippen LogP contribution < -0.4 is 19.5 Å². The number of halogens is 2. The van der Waals surface area contributed by atoms with Gasteiger partial charge in [-0.15, -0.1) is 0 Å². The lowest BCUT2D eigenvalue weighted by Gasteiger charge is -2.14. The lowest BCUT2D eigenvalue weighted by molar-refractivity contribution is -0.118. The standard InChI is InChI=1S/C17H17BrClNO4/c1-10-6-11(18)4-5-14(10)24-9-17(21)20-13-8-15(22-2)12(19)7-16(13)23-3/h4-8H,9H2,1-3H3,(H,20,21). The average molecular weight is 415 g/mol. The summed E-state index contributed by atoms with van der Waals surface area (Å²) >= 11 is 9.43. The Labute approximate surface area is 154 Å². The third-order valence-corrected chi connectivity index (χ3v) is 4.03. The number of ether oxygens (including phenoxy) is 3. The number of nitrogens with one attached hydrogen (secondary N) is 1. The van der Waals surface area contributed by atoms with Gasteiger partial charge in [0.1, 0.15) is 17.2 Å². The van der Waals surface area contributed by atoms with Crippen LogP contribution in [0.2, 0.25) is 5.02 Å². The lowest BCUT2D eigenvalue weighted by atomic mass is 10.2. The van der Waals surface area contributed by atoms with Crippen LogP contribution in [0.15, 0.2) is 34.8 Å². The summed E-state index contributed by atoms with van der Waals surface area (Å²) in [6, 6.07) is 8.76. The topological polar surface area (TPSA) is 56.8 Å². The van der Waals surface area contributed by atoms with E-state index in [1.807, 2.05) is 19.1 Å². The molecule has 0 fully saturated rings. The maximum Gasteiger partial charge on any atom is 0.262 e. The second kappa shape index (κ2) is 8.26. The summed E-state index contributed by atoms with van der Waals surface area (Å²) < 4.78 is 16.9. The molecule has 0 saturated carbocycles. The van der Waals surface area contributed by atoms with E-state index < -0.39 is 0 Å². The number of carbonyl (C=O) groups excluding carboxylic acids is 1. The molecule has 1 amide bonds. The van der Waals surface area contributed by atoms with Crippen molar-refractivity contribution >= 4 is 39.1 Å². The first-order valence-corrected chi connectivity index (χ1v) is 8.22.